The first kappa shape index (κ1) is 17.0. The molecule has 0 spiro atoms. The van der Waals surface area contributed by atoms with E-state index in [1.807, 2.05) is 30.3 Å². The van der Waals surface area contributed by atoms with Crippen LogP contribution in [0.2, 0.25) is 0 Å². The zero-order valence-corrected chi connectivity index (χ0v) is 12.2. The molecule has 6 nitrogen and oxygen atoms in total. The Morgan fingerprint density at radius 2 is 1.95 bits per heavy atom. The zero-order chi connectivity index (χ0) is 15.5. The number of benzene rings is 1. The summed E-state index contributed by atoms with van der Waals surface area (Å²) in [6.07, 6.45) is 1.90. The first-order valence-corrected chi connectivity index (χ1v) is 6.93. The van der Waals surface area contributed by atoms with Crippen LogP contribution in [0.3, 0.4) is 0 Å². The minimum Gasteiger partial charge on any atom is -0.480 e. The van der Waals surface area contributed by atoms with E-state index in [0.29, 0.717) is 13.2 Å². The van der Waals surface area contributed by atoms with E-state index in [2.05, 4.69) is 10.6 Å². The highest BCUT2D eigenvalue weighted by Gasteiger charge is 2.19. The Morgan fingerprint density at radius 1 is 1.24 bits per heavy atom. The Balaban J connectivity index is 2.36. The first-order chi connectivity index (χ1) is 10.1. The van der Waals surface area contributed by atoms with Crippen LogP contribution in [0.4, 0.5) is 4.79 Å². The number of hydrogen-bond acceptors (Lipinski definition) is 3. The number of carbonyl (C=O) groups is 2. The average molecular weight is 294 g/mol. The lowest BCUT2D eigenvalue weighted by molar-refractivity contribution is -0.139. The van der Waals surface area contributed by atoms with Gasteiger partial charge in [-0.3, -0.25) is 0 Å². The molecule has 1 aromatic carbocycles. The summed E-state index contributed by atoms with van der Waals surface area (Å²) in [7, 11) is 1.63. The molecule has 1 unspecified atom stereocenters. The van der Waals surface area contributed by atoms with E-state index in [1.165, 1.54) is 0 Å². The van der Waals surface area contributed by atoms with Crippen molar-refractivity contribution in [3.8, 4) is 0 Å². The van der Waals surface area contributed by atoms with E-state index in [1.54, 1.807) is 7.11 Å². The van der Waals surface area contributed by atoms with Crippen LogP contribution < -0.4 is 10.6 Å². The van der Waals surface area contributed by atoms with Crippen molar-refractivity contribution in [1.29, 1.82) is 0 Å². The van der Waals surface area contributed by atoms with Crippen molar-refractivity contribution in [3.05, 3.63) is 35.9 Å². The highest BCUT2D eigenvalue weighted by atomic mass is 16.5. The van der Waals surface area contributed by atoms with Gasteiger partial charge >= 0.3 is 12.0 Å². The summed E-state index contributed by atoms with van der Waals surface area (Å²) in [6, 6.07) is 7.80. The number of aliphatic carboxylic acids is 1. The fourth-order valence-electron chi connectivity index (χ4n) is 1.83. The molecule has 0 aromatic heterocycles. The summed E-state index contributed by atoms with van der Waals surface area (Å²) in [5.41, 5.74) is 0.866. The number of unbranched alkanes of at least 4 members (excludes halogenated alkanes) is 1. The predicted octanol–water partition coefficient (Wildman–Crippen LogP) is 1.41. The van der Waals surface area contributed by atoms with Crippen LogP contribution >= 0.6 is 0 Å². The third-order valence-electron chi connectivity index (χ3n) is 2.95. The van der Waals surface area contributed by atoms with Crippen LogP contribution in [-0.2, 0) is 16.0 Å². The molecule has 1 aromatic rings. The van der Waals surface area contributed by atoms with Gasteiger partial charge in [-0.05, 0) is 18.4 Å². The largest absolute Gasteiger partial charge is 0.480 e. The average Bonchev–Trinajstić information content (AvgIpc) is 2.47. The Hall–Kier alpha value is -2.08. The molecule has 3 N–H and O–H groups in total. The third kappa shape index (κ3) is 7.31. The Labute approximate surface area is 124 Å². The Kier molecular flexibility index (Phi) is 7.89. The fraction of sp³-hybridized carbons (Fsp3) is 0.467. The molecule has 1 atom stereocenters. The number of rotatable bonds is 9. The second kappa shape index (κ2) is 9.77. The van der Waals surface area contributed by atoms with Crippen molar-refractivity contribution in [3.63, 3.8) is 0 Å². The van der Waals surface area contributed by atoms with Crippen LogP contribution in [-0.4, -0.2) is 43.4 Å². The van der Waals surface area contributed by atoms with Gasteiger partial charge in [-0.1, -0.05) is 30.3 Å². The van der Waals surface area contributed by atoms with Crippen molar-refractivity contribution < 1.29 is 19.4 Å². The molecule has 0 saturated carbocycles. The number of carboxylic acid groups (broad SMARTS) is 1. The number of urea groups is 1. The second-order valence-corrected chi connectivity index (χ2v) is 4.68. The van der Waals surface area contributed by atoms with Crippen molar-refractivity contribution in [2.24, 2.45) is 0 Å². The molecule has 0 fully saturated rings. The molecule has 0 bridgehead atoms. The molecule has 2 amide bonds. The number of ether oxygens (including phenoxy) is 1. The van der Waals surface area contributed by atoms with E-state index >= 15 is 0 Å². The van der Waals surface area contributed by atoms with E-state index in [4.69, 9.17) is 9.84 Å². The maximum Gasteiger partial charge on any atom is 0.326 e. The van der Waals surface area contributed by atoms with Crippen molar-refractivity contribution in [2.45, 2.75) is 25.3 Å². The lowest BCUT2D eigenvalue weighted by Crippen LogP contribution is -2.47. The van der Waals surface area contributed by atoms with Crippen LogP contribution in [0, 0.1) is 0 Å². The maximum absolute atomic E-state index is 11.7. The molecule has 0 radical (unpaired) electrons. The van der Waals surface area contributed by atoms with Gasteiger partial charge in [0.25, 0.3) is 0 Å². The quantitative estimate of drug-likeness (QED) is 0.601. The fourth-order valence-corrected chi connectivity index (χ4v) is 1.83. The van der Waals surface area contributed by atoms with E-state index < -0.39 is 18.0 Å². The van der Waals surface area contributed by atoms with Gasteiger partial charge in [0.2, 0.25) is 0 Å². The Bertz CT molecular complexity index is 437. The standard InChI is InChI=1S/C15H22N2O4/c1-21-10-6-5-9-16-15(20)17-13(14(18)19)11-12-7-3-2-4-8-12/h2-4,7-8,13H,5-6,9-11H2,1H3,(H,18,19)(H2,16,17,20). The highest BCUT2D eigenvalue weighted by Crippen LogP contribution is 2.03. The maximum atomic E-state index is 11.7. The van der Waals surface area contributed by atoms with Crippen LogP contribution in [0.25, 0.3) is 0 Å². The van der Waals surface area contributed by atoms with Gasteiger partial charge in [-0.15, -0.1) is 0 Å². The summed E-state index contributed by atoms with van der Waals surface area (Å²) in [4.78, 5) is 22.9. The lowest BCUT2D eigenvalue weighted by atomic mass is 10.1. The number of methoxy groups -OCH3 is 1. The number of nitrogens with one attached hydrogen (secondary N) is 2. The normalized spacial score (nSPS) is 11.7. The van der Waals surface area contributed by atoms with Gasteiger partial charge in [0, 0.05) is 26.7 Å². The molecular weight excluding hydrogens is 272 g/mol. The van der Waals surface area contributed by atoms with Gasteiger partial charge in [0.15, 0.2) is 0 Å². The van der Waals surface area contributed by atoms with Crippen LogP contribution in [0.5, 0.6) is 0 Å². The van der Waals surface area contributed by atoms with Gasteiger partial charge in [0.05, 0.1) is 0 Å². The molecule has 0 aliphatic heterocycles. The predicted molar refractivity (Wildman–Crippen MR) is 79.2 cm³/mol. The van der Waals surface area contributed by atoms with E-state index in [9.17, 15) is 9.59 Å². The van der Waals surface area contributed by atoms with E-state index in [-0.39, 0.29) is 6.42 Å². The summed E-state index contributed by atoms with van der Waals surface area (Å²) in [5, 5.41) is 14.3. The molecule has 21 heavy (non-hydrogen) atoms. The van der Waals surface area contributed by atoms with Crippen molar-refractivity contribution in [1.82, 2.24) is 10.6 Å². The van der Waals surface area contributed by atoms with Crippen molar-refractivity contribution >= 4 is 12.0 Å². The van der Waals surface area contributed by atoms with Crippen molar-refractivity contribution in [2.75, 3.05) is 20.3 Å². The van der Waals surface area contributed by atoms with Gasteiger partial charge in [0.1, 0.15) is 6.04 Å². The summed E-state index contributed by atoms with van der Waals surface area (Å²) >= 11 is 0. The monoisotopic (exact) mass is 294 g/mol. The second-order valence-electron chi connectivity index (χ2n) is 4.68. The molecule has 0 aliphatic carbocycles. The summed E-state index contributed by atoms with van der Waals surface area (Å²) in [5.74, 6) is -1.05. The van der Waals surface area contributed by atoms with Gasteiger partial charge < -0.3 is 20.5 Å². The Morgan fingerprint density at radius 3 is 2.57 bits per heavy atom. The molecular formula is C15H22N2O4. The molecule has 0 heterocycles. The highest BCUT2D eigenvalue weighted by molar-refractivity contribution is 5.82. The summed E-state index contributed by atoms with van der Waals surface area (Å²) in [6.45, 7) is 1.14. The van der Waals surface area contributed by atoms with Crippen LogP contribution in [0.15, 0.2) is 30.3 Å². The number of carbonyl (C=O) groups excluding carboxylic acids is 1. The zero-order valence-electron chi connectivity index (χ0n) is 12.2. The molecule has 116 valence electrons. The minimum atomic E-state index is -1.05. The number of hydrogen-bond donors (Lipinski definition) is 3. The molecule has 1 rings (SSSR count). The number of amides is 2. The SMILES string of the molecule is COCCCCNC(=O)NC(Cc1ccccc1)C(=O)O. The first-order valence-electron chi connectivity index (χ1n) is 6.93. The summed E-state index contributed by atoms with van der Waals surface area (Å²) < 4.78 is 4.91. The molecule has 0 aliphatic rings. The van der Waals surface area contributed by atoms with Gasteiger partial charge in [-0.25, -0.2) is 9.59 Å². The van der Waals surface area contributed by atoms with Crippen LogP contribution in [0.1, 0.15) is 18.4 Å². The molecule has 0 saturated heterocycles. The number of carboxylic acids is 1. The smallest absolute Gasteiger partial charge is 0.326 e. The molecule has 6 heteroatoms. The minimum absolute atomic E-state index is 0.257. The van der Waals surface area contributed by atoms with Gasteiger partial charge in [-0.2, -0.15) is 0 Å². The third-order valence-corrected chi connectivity index (χ3v) is 2.95. The topological polar surface area (TPSA) is 87.7 Å². The lowest BCUT2D eigenvalue weighted by Gasteiger charge is -2.15. The van der Waals surface area contributed by atoms with E-state index in [0.717, 1.165) is 18.4 Å².